The van der Waals surface area contributed by atoms with Gasteiger partial charge >= 0.3 is 0 Å². The van der Waals surface area contributed by atoms with E-state index in [1.165, 1.54) is 6.07 Å². The Labute approximate surface area is 138 Å². The van der Waals surface area contributed by atoms with Gasteiger partial charge in [-0.05, 0) is 25.1 Å². The second-order valence-corrected chi connectivity index (χ2v) is 4.85. The summed E-state index contributed by atoms with van der Waals surface area (Å²) < 4.78 is 19.2. The Kier molecular flexibility index (Phi) is 9.28. The van der Waals surface area contributed by atoms with Crippen molar-refractivity contribution in [3.8, 4) is 0 Å². The first-order valence-corrected chi connectivity index (χ1v) is 6.31. The molecule has 7 heteroatoms. The molecule has 0 aromatic heterocycles. The molecule has 1 unspecified atom stereocenters. The molecule has 0 aliphatic heterocycles. The lowest BCUT2D eigenvalue weighted by Gasteiger charge is -2.13. The second kappa shape index (κ2) is 9.49. The standard InChI is InChI=1S/C12H17BrFN3O.HI/c1-8(7-18-2)17-12(15)16-6-9-5-10(13)3-4-11(9)14;/h3-5,8H,6-7H2,1-2H3,(H3,15,16,17);1H. The minimum atomic E-state index is -0.292. The quantitative estimate of drug-likeness (QED) is 0.416. The number of hydrogen-bond donors (Lipinski definition) is 2. The van der Waals surface area contributed by atoms with Gasteiger partial charge in [0.25, 0.3) is 0 Å². The second-order valence-electron chi connectivity index (χ2n) is 3.94. The van der Waals surface area contributed by atoms with Gasteiger partial charge < -0.3 is 15.8 Å². The summed E-state index contributed by atoms with van der Waals surface area (Å²) in [5, 5.41) is 2.95. The number of nitrogens with zero attached hydrogens (tertiary/aromatic N) is 1. The molecule has 0 saturated heterocycles. The van der Waals surface area contributed by atoms with Crippen LogP contribution in [0.15, 0.2) is 27.7 Å². The maximum absolute atomic E-state index is 13.4. The third-order valence-electron chi connectivity index (χ3n) is 2.24. The van der Waals surface area contributed by atoms with Crippen molar-refractivity contribution < 1.29 is 9.13 Å². The SMILES string of the molecule is COCC(C)NC(N)=NCc1cc(Br)ccc1F.I. The van der Waals surface area contributed by atoms with Crippen molar-refractivity contribution in [1.29, 1.82) is 0 Å². The van der Waals surface area contributed by atoms with Crippen molar-refractivity contribution in [2.45, 2.75) is 19.5 Å². The molecule has 4 nitrogen and oxygen atoms in total. The van der Waals surface area contributed by atoms with E-state index in [9.17, 15) is 4.39 Å². The molecular weight excluding hydrogens is 428 g/mol. The summed E-state index contributed by atoms with van der Waals surface area (Å²) in [6.45, 7) is 2.65. The molecule has 0 heterocycles. The Morgan fingerprint density at radius 2 is 2.26 bits per heavy atom. The number of aliphatic imine (C=N–C) groups is 1. The van der Waals surface area contributed by atoms with Crippen molar-refractivity contribution in [1.82, 2.24) is 5.32 Å². The van der Waals surface area contributed by atoms with Crippen LogP contribution in [0.2, 0.25) is 0 Å². The first-order chi connectivity index (χ1) is 8.52. The first-order valence-electron chi connectivity index (χ1n) is 5.52. The Bertz CT molecular complexity index is 431. The average molecular weight is 446 g/mol. The number of nitrogens with two attached hydrogens (primary N) is 1. The van der Waals surface area contributed by atoms with Crippen LogP contribution in [0.25, 0.3) is 0 Å². The molecule has 0 saturated carbocycles. The van der Waals surface area contributed by atoms with Crippen LogP contribution in [0.1, 0.15) is 12.5 Å². The summed E-state index contributed by atoms with van der Waals surface area (Å²) in [4.78, 5) is 4.09. The number of hydrogen-bond acceptors (Lipinski definition) is 2. The predicted octanol–water partition coefficient (Wildman–Crippen LogP) is 2.65. The van der Waals surface area contributed by atoms with Gasteiger partial charge in [0, 0.05) is 23.2 Å². The van der Waals surface area contributed by atoms with Crippen molar-refractivity contribution in [3.63, 3.8) is 0 Å². The third kappa shape index (κ3) is 7.07. The lowest BCUT2D eigenvalue weighted by atomic mass is 10.2. The van der Waals surface area contributed by atoms with Crippen LogP contribution < -0.4 is 11.1 Å². The summed E-state index contributed by atoms with van der Waals surface area (Å²) in [7, 11) is 1.61. The van der Waals surface area contributed by atoms with Gasteiger partial charge in [0.1, 0.15) is 5.82 Å². The topological polar surface area (TPSA) is 59.6 Å². The minimum absolute atomic E-state index is 0. The number of rotatable bonds is 5. The van der Waals surface area contributed by atoms with E-state index < -0.39 is 0 Å². The molecule has 0 aliphatic carbocycles. The zero-order valence-electron chi connectivity index (χ0n) is 10.8. The molecule has 0 aliphatic rings. The Morgan fingerprint density at radius 1 is 1.58 bits per heavy atom. The largest absolute Gasteiger partial charge is 0.383 e. The molecule has 0 amide bonds. The van der Waals surface area contributed by atoms with Crippen LogP contribution in [-0.4, -0.2) is 25.7 Å². The summed E-state index contributed by atoms with van der Waals surface area (Å²) in [6.07, 6.45) is 0. The normalized spacial score (nSPS) is 12.7. The molecule has 0 bridgehead atoms. The fourth-order valence-corrected chi connectivity index (χ4v) is 1.83. The van der Waals surface area contributed by atoms with Gasteiger partial charge in [-0.25, -0.2) is 9.38 Å². The van der Waals surface area contributed by atoms with E-state index in [0.717, 1.165) is 4.47 Å². The van der Waals surface area contributed by atoms with E-state index >= 15 is 0 Å². The summed E-state index contributed by atoms with van der Waals surface area (Å²) in [6, 6.07) is 4.79. The molecule has 1 atom stereocenters. The van der Waals surface area contributed by atoms with Crippen LogP contribution in [0, 0.1) is 5.82 Å². The molecule has 0 spiro atoms. The molecule has 1 rings (SSSR count). The maximum Gasteiger partial charge on any atom is 0.189 e. The Hall–Kier alpha value is -0.410. The number of ether oxygens (including phenoxy) is 1. The average Bonchev–Trinajstić information content (AvgIpc) is 2.30. The van der Waals surface area contributed by atoms with Crippen LogP contribution in [0.4, 0.5) is 4.39 Å². The van der Waals surface area contributed by atoms with Gasteiger partial charge in [0.15, 0.2) is 5.96 Å². The van der Waals surface area contributed by atoms with Gasteiger partial charge in [-0.15, -0.1) is 24.0 Å². The number of guanidine groups is 1. The molecule has 0 fully saturated rings. The van der Waals surface area contributed by atoms with Gasteiger partial charge in [-0.3, -0.25) is 0 Å². The Balaban J connectivity index is 0.00000324. The van der Waals surface area contributed by atoms with E-state index in [1.54, 1.807) is 19.2 Å². The van der Waals surface area contributed by atoms with Crippen molar-refractivity contribution in [2.75, 3.05) is 13.7 Å². The molecule has 1 aromatic carbocycles. The van der Waals surface area contributed by atoms with Crippen molar-refractivity contribution in [2.24, 2.45) is 10.7 Å². The molecular formula is C12H18BrFIN3O. The fourth-order valence-electron chi connectivity index (χ4n) is 1.42. The van der Waals surface area contributed by atoms with E-state index in [0.29, 0.717) is 12.2 Å². The van der Waals surface area contributed by atoms with E-state index in [2.05, 4.69) is 26.2 Å². The van der Waals surface area contributed by atoms with Crippen LogP contribution in [0.5, 0.6) is 0 Å². The summed E-state index contributed by atoms with van der Waals surface area (Å²) in [5.41, 5.74) is 6.18. The zero-order chi connectivity index (χ0) is 13.5. The molecule has 0 radical (unpaired) electrons. The number of halogens is 3. The van der Waals surface area contributed by atoms with Gasteiger partial charge in [-0.2, -0.15) is 0 Å². The predicted molar refractivity (Wildman–Crippen MR) is 89.3 cm³/mol. The lowest BCUT2D eigenvalue weighted by Crippen LogP contribution is -2.40. The third-order valence-corrected chi connectivity index (χ3v) is 2.73. The molecule has 1 aromatic rings. The Morgan fingerprint density at radius 3 is 2.89 bits per heavy atom. The lowest BCUT2D eigenvalue weighted by molar-refractivity contribution is 0.179. The minimum Gasteiger partial charge on any atom is -0.383 e. The first kappa shape index (κ1) is 18.6. The van der Waals surface area contributed by atoms with Crippen molar-refractivity contribution in [3.05, 3.63) is 34.1 Å². The number of nitrogens with one attached hydrogen (secondary N) is 1. The zero-order valence-corrected chi connectivity index (χ0v) is 14.7. The highest BCUT2D eigenvalue weighted by atomic mass is 127. The van der Waals surface area contributed by atoms with Gasteiger partial charge in [0.2, 0.25) is 0 Å². The van der Waals surface area contributed by atoms with E-state index in [1.807, 2.05) is 6.92 Å². The highest BCUT2D eigenvalue weighted by Gasteiger charge is 2.04. The molecule has 108 valence electrons. The molecule has 3 N–H and O–H groups in total. The maximum atomic E-state index is 13.4. The van der Waals surface area contributed by atoms with Crippen molar-refractivity contribution >= 4 is 45.9 Å². The van der Waals surface area contributed by atoms with Gasteiger partial charge in [0.05, 0.1) is 13.2 Å². The van der Waals surface area contributed by atoms with Crippen LogP contribution in [-0.2, 0) is 11.3 Å². The van der Waals surface area contributed by atoms with E-state index in [-0.39, 0.29) is 48.3 Å². The van der Waals surface area contributed by atoms with Gasteiger partial charge in [-0.1, -0.05) is 15.9 Å². The number of benzene rings is 1. The highest BCUT2D eigenvalue weighted by Crippen LogP contribution is 2.16. The van der Waals surface area contributed by atoms with Crippen LogP contribution in [0.3, 0.4) is 0 Å². The van der Waals surface area contributed by atoms with Crippen LogP contribution >= 0.6 is 39.9 Å². The smallest absolute Gasteiger partial charge is 0.189 e. The highest BCUT2D eigenvalue weighted by molar-refractivity contribution is 14.0. The number of methoxy groups -OCH3 is 1. The summed E-state index contributed by atoms with van der Waals surface area (Å²) in [5.74, 6) is -0.0152. The monoisotopic (exact) mass is 445 g/mol. The fraction of sp³-hybridized carbons (Fsp3) is 0.417. The molecule has 19 heavy (non-hydrogen) atoms. The van der Waals surface area contributed by atoms with E-state index in [4.69, 9.17) is 10.5 Å². The summed E-state index contributed by atoms with van der Waals surface area (Å²) >= 11 is 3.29.